The Labute approximate surface area is 68.4 Å². The summed E-state index contributed by atoms with van der Waals surface area (Å²) >= 11 is 2.92. The van der Waals surface area contributed by atoms with Crippen molar-refractivity contribution in [2.45, 2.75) is 20.3 Å². The molecule has 0 saturated heterocycles. The highest BCUT2D eigenvalue weighted by molar-refractivity contribution is 9.12. The molecule has 0 aromatic heterocycles. The third-order valence-corrected chi connectivity index (χ3v) is 1.89. The van der Waals surface area contributed by atoms with E-state index in [1.807, 2.05) is 0 Å². The van der Waals surface area contributed by atoms with Gasteiger partial charge >= 0.3 is 0 Å². The fourth-order valence-electron chi connectivity index (χ4n) is 0.420. The average molecular weight is 209 g/mol. The smallest absolute Gasteiger partial charge is 0.136 e. The second kappa shape index (κ2) is 4.50. The van der Waals surface area contributed by atoms with Gasteiger partial charge in [-0.2, -0.15) is 0 Å². The molecule has 58 valence electrons. The maximum Gasteiger partial charge on any atom is 0.136 e. The van der Waals surface area contributed by atoms with E-state index in [4.69, 9.17) is 5.11 Å². The standard InChI is InChI=1S/C7H10BrFO/c1-3-5(9)7(8)6(10)4-2/h3,10H,4H2,1-2H3/b5-3+,7-6-. The first-order valence-electron chi connectivity index (χ1n) is 3.03. The monoisotopic (exact) mass is 208 g/mol. The van der Waals surface area contributed by atoms with Gasteiger partial charge in [0.15, 0.2) is 0 Å². The van der Waals surface area contributed by atoms with Gasteiger partial charge in [-0.3, -0.25) is 0 Å². The molecule has 0 aromatic rings. The van der Waals surface area contributed by atoms with Crippen molar-refractivity contribution < 1.29 is 9.50 Å². The Hall–Kier alpha value is -0.310. The minimum Gasteiger partial charge on any atom is -0.511 e. The molecule has 10 heavy (non-hydrogen) atoms. The third kappa shape index (κ3) is 2.52. The van der Waals surface area contributed by atoms with E-state index in [9.17, 15) is 4.39 Å². The van der Waals surface area contributed by atoms with E-state index in [2.05, 4.69) is 15.9 Å². The van der Waals surface area contributed by atoms with Crippen molar-refractivity contribution in [3.63, 3.8) is 0 Å². The van der Waals surface area contributed by atoms with Gasteiger partial charge in [-0.25, -0.2) is 4.39 Å². The number of rotatable bonds is 2. The highest BCUT2D eigenvalue weighted by Gasteiger charge is 2.03. The maximum absolute atomic E-state index is 12.6. The predicted octanol–water partition coefficient (Wildman–Crippen LogP) is 3.43. The molecule has 0 bridgehead atoms. The lowest BCUT2D eigenvalue weighted by Gasteiger charge is -1.97. The highest BCUT2D eigenvalue weighted by atomic mass is 79.9. The zero-order valence-electron chi connectivity index (χ0n) is 5.99. The van der Waals surface area contributed by atoms with Gasteiger partial charge in [0.05, 0.1) is 4.48 Å². The minimum atomic E-state index is -0.431. The summed E-state index contributed by atoms with van der Waals surface area (Å²) in [5.74, 6) is -0.394. The van der Waals surface area contributed by atoms with Crippen molar-refractivity contribution in [2.24, 2.45) is 0 Å². The first kappa shape index (κ1) is 9.69. The van der Waals surface area contributed by atoms with Crippen LogP contribution in [-0.4, -0.2) is 5.11 Å². The van der Waals surface area contributed by atoms with Crippen molar-refractivity contribution in [1.82, 2.24) is 0 Å². The van der Waals surface area contributed by atoms with Crippen LogP contribution in [0.5, 0.6) is 0 Å². The fraction of sp³-hybridized carbons (Fsp3) is 0.429. The molecule has 1 nitrogen and oxygen atoms in total. The molecule has 0 radical (unpaired) electrons. The van der Waals surface area contributed by atoms with Crippen LogP contribution in [0.15, 0.2) is 22.1 Å². The summed E-state index contributed by atoms with van der Waals surface area (Å²) in [5.41, 5.74) is 0. The van der Waals surface area contributed by atoms with E-state index in [1.165, 1.54) is 6.08 Å². The molecule has 0 unspecified atom stereocenters. The van der Waals surface area contributed by atoms with Crippen LogP contribution in [0.4, 0.5) is 4.39 Å². The summed E-state index contributed by atoms with van der Waals surface area (Å²) in [4.78, 5) is 0. The van der Waals surface area contributed by atoms with Gasteiger partial charge in [0.1, 0.15) is 11.6 Å². The molecule has 0 amide bonds. The molecule has 0 aliphatic heterocycles. The zero-order valence-corrected chi connectivity index (χ0v) is 7.57. The Morgan fingerprint density at radius 3 is 2.50 bits per heavy atom. The molecule has 3 heteroatoms. The van der Waals surface area contributed by atoms with Crippen LogP contribution in [0.3, 0.4) is 0 Å². The maximum atomic E-state index is 12.6. The summed E-state index contributed by atoms with van der Waals surface area (Å²) in [6.07, 6.45) is 1.72. The van der Waals surface area contributed by atoms with Crippen LogP contribution in [0.25, 0.3) is 0 Å². The quantitative estimate of drug-likeness (QED) is 0.545. The molecule has 0 aliphatic rings. The lowest BCUT2D eigenvalue weighted by Crippen LogP contribution is -1.83. The Kier molecular flexibility index (Phi) is 4.36. The predicted molar refractivity (Wildman–Crippen MR) is 43.7 cm³/mol. The Morgan fingerprint density at radius 2 is 2.20 bits per heavy atom. The molecule has 1 N–H and O–H groups in total. The lowest BCUT2D eigenvalue weighted by molar-refractivity contribution is 0.390. The summed E-state index contributed by atoms with van der Waals surface area (Å²) in [5, 5.41) is 8.98. The topological polar surface area (TPSA) is 20.2 Å². The largest absolute Gasteiger partial charge is 0.511 e. The van der Waals surface area contributed by atoms with Crippen molar-refractivity contribution in [1.29, 1.82) is 0 Å². The number of halogens is 2. The molecule has 0 fully saturated rings. The van der Waals surface area contributed by atoms with Gasteiger partial charge in [-0.05, 0) is 22.9 Å². The van der Waals surface area contributed by atoms with Gasteiger partial charge in [-0.15, -0.1) is 0 Å². The van der Waals surface area contributed by atoms with Crippen molar-refractivity contribution in [2.75, 3.05) is 0 Å². The molecule has 0 aliphatic carbocycles. The Bertz CT molecular complexity index is 172. The van der Waals surface area contributed by atoms with Gasteiger partial charge in [-0.1, -0.05) is 13.0 Å². The van der Waals surface area contributed by atoms with Crippen molar-refractivity contribution >= 4 is 15.9 Å². The van der Waals surface area contributed by atoms with Gasteiger partial charge in [0.2, 0.25) is 0 Å². The SMILES string of the molecule is C/C=C(F)\C(Br)=C(\O)CC. The fourth-order valence-corrected chi connectivity index (χ4v) is 0.929. The summed E-state index contributed by atoms with van der Waals surface area (Å²) in [6, 6.07) is 0. The molecular weight excluding hydrogens is 199 g/mol. The van der Waals surface area contributed by atoms with Gasteiger partial charge in [0, 0.05) is 6.42 Å². The van der Waals surface area contributed by atoms with Crippen LogP contribution < -0.4 is 0 Å². The second-order valence-corrected chi connectivity index (χ2v) is 2.54. The normalized spacial score (nSPS) is 15.0. The molecule has 0 atom stereocenters. The van der Waals surface area contributed by atoms with Crippen LogP contribution in [0.2, 0.25) is 0 Å². The van der Waals surface area contributed by atoms with E-state index in [-0.39, 0.29) is 10.2 Å². The lowest BCUT2D eigenvalue weighted by atomic mass is 10.3. The van der Waals surface area contributed by atoms with Crippen LogP contribution in [0, 0.1) is 0 Å². The van der Waals surface area contributed by atoms with Crippen molar-refractivity contribution in [3.05, 3.63) is 22.1 Å². The Morgan fingerprint density at radius 1 is 1.70 bits per heavy atom. The van der Waals surface area contributed by atoms with E-state index >= 15 is 0 Å². The zero-order chi connectivity index (χ0) is 8.15. The van der Waals surface area contributed by atoms with E-state index in [1.54, 1.807) is 13.8 Å². The Balaban J connectivity index is 4.46. The number of hydrogen-bond donors (Lipinski definition) is 1. The number of allylic oxidation sites excluding steroid dienone is 4. The number of aliphatic hydroxyl groups is 1. The summed E-state index contributed by atoms with van der Waals surface area (Å²) in [6.45, 7) is 3.32. The van der Waals surface area contributed by atoms with E-state index in [0.29, 0.717) is 6.42 Å². The van der Waals surface area contributed by atoms with Gasteiger partial charge < -0.3 is 5.11 Å². The number of aliphatic hydroxyl groups excluding tert-OH is 1. The number of hydrogen-bond acceptors (Lipinski definition) is 1. The van der Waals surface area contributed by atoms with Gasteiger partial charge in [0.25, 0.3) is 0 Å². The first-order chi connectivity index (χ1) is 4.63. The molecule has 0 spiro atoms. The van der Waals surface area contributed by atoms with E-state index in [0.717, 1.165) is 0 Å². The average Bonchev–Trinajstić information content (AvgIpc) is 2.00. The molecular formula is C7H10BrFO. The summed E-state index contributed by atoms with van der Waals surface area (Å²) < 4.78 is 12.7. The summed E-state index contributed by atoms with van der Waals surface area (Å²) in [7, 11) is 0. The van der Waals surface area contributed by atoms with Crippen molar-refractivity contribution in [3.8, 4) is 0 Å². The highest BCUT2D eigenvalue weighted by Crippen LogP contribution is 2.22. The first-order valence-corrected chi connectivity index (χ1v) is 3.82. The second-order valence-electron chi connectivity index (χ2n) is 1.75. The third-order valence-electron chi connectivity index (χ3n) is 1.05. The van der Waals surface area contributed by atoms with E-state index < -0.39 is 5.83 Å². The molecule has 0 rings (SSSR count). The van der Waals surface area contributed by atoms with Crippen LogP contribution >= 0.6 is 15.9 Å². The molecule has 0 heterocycles. The van der Waals surface area contributed by atoms with Crippen LogP contribution in [-0.2, 0) is 0 Å². The molecule has 0 aromatic carbocycles. The molecule has 0 saturated carbocycles. The minimum absolute atomic E-state index is 0.0376. The van der Waals surface area contributed by atoms with Crippen LogP contribution in [0.1, 0.15) is 20.3 Å².